The number of nitrogens with zero attached hydrogens (tertiary/aromatic N) is 2. The highest BCUT2D eigenvalue weighted by molar-refractivity contribution is 6.00. The van der Waals surface area contributed by atoms with Gasteiger partial charge >= 0.3 is 5.97 Å². The van der Waals surface area contributed by atoms with Crippen LogP contribution in [0.25, 0.3) is 11.3 Å². The van der Waals surface area contributed by atoms with Gasteiger partial charge in [0.2, 0.25) is 0 Å². The van der Waals surface area contributed by atoms with Gasteiger partial charge in [0.05, 0.1) is 17.8 Å². The molecule has 0 radical (unpaired) electrons. The number of carboxylic acids is 1. The fourth-order valence-corrected chi connectivity index (χ4v) is 2.95. The molecule has 1 aromatic heterocycles. The molecule has 0 saturated heterocycles. The number of aliphatic carboxylic acids is 1. The molecule has 0 aliphatic heterocycles. The Labute approximate surface area is 175 Å². The standard InChI is InChI=1S/C24H24N2O4/c1-2-22(19-8-6-9-20(17-19)23-11-3-4-12-25-23)26-30-14-13-29-21-10-5-7-18(15-21)16-24(27)28/h3-12,15,17H,2,13-14,16H2,1H3,(H,27,28)/b26-22+. The number of rotatable bonds is 10. The lowest BCUT2D eigenvalue weighted by Gasteiger charge is -2.09. The van der Waals surface area contributed by atoms with E-state index in [1.54, 1.807) is 30.5 Å². The average molecular weight is 404 g/mol. The van der Waals surface area contributed by atoms with Gasteiger partial charge in [0.15, 0.2) is 6.61 Å². The average Bonchev–Trinajstić information content (AvgIpc) is 2.77. The van der Waals surface area contributed by atoms with Crippen molar-refractivity contribution in [3.63, 3.8) is 0 Å². The predicted octanol–water partition coefficient (Wildman–Crippen LogP) is 4.59. The number of benzene rings is 2. The first-order valence-electron chi connectivity index (χ1n) is 9.80. The number of hydrogen-bond donors (Lipinski definition) is 1. The van der Waals surface area contributed by atoms with E-state index in [1.807, 2.05) is 43.3 Å². The van der Waals surface area contributed by atoms with Crippen LogP contribution in [0.4, 0.5) is 0 Å². The van der Waals surface area contributed by atoms with Crippen LogP contribution in [0.15, 0.2) is 78.1 Å². The third-order valence-corrected chi connectivity index (χ3v) is 4.36. The van der Waals surface area contributed by atoms with E-state index < -0.39 is 5.97 Å². The summed E-state index contributed by atoms with van der Waals surface area (Å²) in [5.74, 6) is -0.260. The molecule has 3 rings (SSSR count). The van der Waals surface area contributed by atoms with E-state index in [0.717, 1.165) is 29.0 Å². The molecule has 2 aromatic carbocycles. The molecule has 0 aliphatic rings. The first kappa shape index (κ1) is 21.0. The maximum Gasteiger partial charge on any atom is 0.307 e. The molecule has 1 heterocycles. The van der Waals surface area contributed by atoms with Crippen molar-refractivity contribution in [2.75, 3.05) is 13.2 Å². The molecule has 0 atom stereocenters. The first-order valence-corrected chi connectivity index (χ1v) is 9.80. The van der Waals surface area contributed by atoms with Crippen LogP contribution in [0.2, 0.25) is 0 Å². The zero-order chi connectivity index (χ0) is 21.2. The lowest BCUT2D eigenvalue weighted by Crippen LogP contribution is -2.07. The van der Waals surface area contributed by atoms with Gasteiger partial charge < -0.3 is 14.7 Å². The third-order valence-electron chi connectivity index (χ3n) is 4.36. The minimum atomic E-state index is -0.871. The monoisotopic (exact) mass is 404 g/mol. The van der Waals surface area contributed by atoms with Gasteiger partial charge in [-0.25, -0.2) is 0 Å². The Balaban J connectivity index is 1.56. The predicted molar refractivity (Wildman–Crippen MR) is 116 cm³/mol. The Morgan fingerprint density at radius 3 is 2.67 bits per heavy atom. The number of aromatic nitrogens is 1. The molecule has 30 heavy (non-hydrogen) atoms. The van der Waals surface area contributed by atoms with Crippen LogP contribution in [0.3, 0.4) is 0 Å². The van der Waals surface area contributed by atoms with Gasteiger partial charge in [-0.2, -0.15) is 0 Å². The number of carboxylic acid groups (broad SMARTS) is 1. The quantitative estimate of drug-likeness (QED) is 0.304. The SMILES string of the molecule is CC/C(=N\OCCOc1cccc(CC(=O)O)c1)c1cccc(-c2ccccn2)c1. The van der Waals surface area contributed by atoms with E-state index >= 15 is 0 Å². The van der Waals surface area contributed by atoms with Gasteiger partial charge in [0.25, 0.3) is 0 Å². The molecule has 3 aromatic rings. The molecular weight excluding hydrogens is 380 g/mol. The highest BCUT2D eigenvalue weighted by atomic mass is 16.6. The molecule has 0 aliphatic carbocycles. The number of ether oxygens (including phenoxy) is 1. The van der Waals surface area contributed by atoms with E-state index in [2.05, 4.69) is 16.2 Å². The van der Waals surface area contributed by atoms with Crippen LogP contribution in [0.1, 0.15) is 24.5 Å². The first-order chi connectivity index (χ1) is 14.7. The molecule has 6 heteroatoms. The molecule has 0 spiro atoms. The molecule has 1 N–H and O–H groups in total. The van der Waals surface area contributed by atoms with Crippen molar-refractivity contribution in [2.24, 2.45) is 5.16 Å². The molecule has 0 saturated carbocycles. The maximum atomic E-state index is 10.8. The third kappa shape index (κ3) is 6.17. The molecule has 0 fully saturated rings. The van der Waals surface area contributed by atoms with Gasteiger partial charge in [0.1, 0.15) is 12.4 Å². The molecular formula is C24H24N2O4. The number of hydrogen-bond acceptors (Lipinski definition) is 5. The molecule has 6 nitrogen and oxygen atoms in total. The number of oxime groups is 1. The normalized spacial score (nSPS) is 11.2. The Morgan fingerprint density at radius 2 is 1.90 bits per heavy atom. The highest BCUT2D eigenvalue weighted by Crippen LogP contribution is 2.19. The summed E-state index contributed by atoms with van der Waals surface area (Å²) in [4.78, 5) is 20.7. The zero-order valence-corrected chi connectivity index (χ0v) is 16.8. The zero-order valence-electron chi connectivity index (χ0n) is 16.8. The second-order valence-electron chi connectivity index (χ2n) is 6.59. The Kier molecular flexibility index (Phi) is 7.55. The van der Waals surface area contributed by atoms with Crippen molar-refractivity contribution in [3.05, 3.63) is 84.1 Å². The van der Waals surface area contributed by atoms with Gasteiger partial charge in [-0.05, 0) is 47.9 Å². The maximum absolute atomic E-state index is 10.8. The Hall–Kier alpha value is -3.67. The number of pyridine rings is 1. The van der Waals surface area contributed by atoms with Crippen LogP contribution in [0, 0.1) is 0 Å². The Morgan fingerprint density at radius 1 is 1.03 bits per heavy atom. The second-order valence-corrected chi connectivity index (χ2v) is 6.59. The number of carbonyl (C=O) groups is 1. The van der Waals surface area contributed by atoms with Crippen molar-refractivity contribution in [1.82, 2.24) is 4.98 Å². The lowest BCUT2D eigenvalue weighted by molar-refractivity contribution is -0.136. The summed E-state index contributed by atoms with van der Waals surface area (Å²) in [5, 5.41) is 13.1. The molecule has 154 valence electrons. The highest BCUT2D eigenvalue weighted by Gasteiger charge is 2.06. The summed E-state index contributed by atoms with van der Waals surface area (Å²) in [6, 6.07) is 20.9. The van der Waals surface area contributed by atoms with Gasteiger partial charge in [0, 0.05) is 11.8 Å². The fourth-order valence-electron chi connectivity index (χ4n) is 2.95. The van der Waals surface area contributed by atoms with Crippen LogP contribution >= 0.6 is 0 Å². The molecule has 0 amide bonds. The topological polar surface area (TPSA) is 81.0 Å². The summed E-state index contributed by atoms with van der Waals surface area (Å²) in [6.07, 6.45) is 2.47. The van der Waals surface area contributed by atoms with Crippen molar-refractivity contribution >= 4 is 11.7 Å². The van der Waals surface area contributed by atoms with E-state index in [0.29, 0.717) is 17.9 Å². The van der Waals surface area contributed by atoms with Crippen LogP contribution in [0.5, 0.6) is 5.75 Å². The molecule has 0 bridgehead atoms. The Bertz CT molecular complexity index is 1000. The van der Waals surface area contributed by atoms with Gasteiger partial charge in [-0.15, -0.1) is 0 Å². The second kappa shape index (κ2) is 10.8. The van der Waals surface area contributed by atoms with Crippen molar-refractivity contribution in [2.45, 2.75) is 19.8 Å². The van der Waals surface area contributed by atoms with Crippen molar-refractivity contribution in [3.8, 4) is 17.0 Å². The minimum absolute atomic E-state index is 0.0323. The summed E-state index contributed by atoms with van der Waals surface area (Å²) >= 11 is 0. The summed E-state index contributed by atoms with van der Waals surface area (Å²) in [5.41, 5.74) is 4.47. The summed E-state index contributed by atoms with van der Waals surface area (Å²) in [7, 11) is 0. The summed E-state index contributed by atoms with van der Waals surface area (Å²) in [6.45, 7) is 2.62. The van der Waals surface area contributed by atoms with E-state index in [-0.39, 0.29) is 13.0 Å². The van der Waals surface area contributed by atoms with Crippen LogP contribution in [-0.4, -0.2) is 35.0 Å². The van der Waals surface area contributed by atoms with Crippen molar-refractivity contribution < 1.29 is 19.5 Å². The van der Waals surface area contributed by atoms with Crippen LogP contribution < -0.4 is 4.74 Å². The van der Waals surface area contributed by atoms with E-state index in [9.17, 15) is 4.79 Å². The van der Waals surface area contributed by atoms with Gasteiger partial charge in [-0.3, -0.25) is 9.78 Å². The smallest absolute Gasteiger partial charge is 0.307 e. The fraction of sp³-hybridized carbons (Fsp3) is 0.208. The van der Waals surface area contributed by atoms with E-state index in [1.165, 1.54) is 0 Å². The van der Waals surface area contributed by atoms with E-state index in [4.69, 9.17) is 14.7 Å². The van der Waals surface area contributed by atoms with Gasteiger partial charge in [-0.1, -0.05) is 48.5 Å². The van der Waals surface area contributed by atoms with Crippen LogP contribution in [-0.2, 0) is 16.1 Å². The summed E-state index contributed by atoms with van der Waals surface area (Å²) < 4.78 is 5.63. The largest absolute Gasteiger partial charge is 0.490 e. The lowest BCUT2D eigenvalue weighted by atomic mass is 10.0. The van der Waals surface area contributed by atoms with Crippen molar-refractivity contribution in [1.29, 1.82) is 0 Å². The minimum Gasteiger partial charge on any atom is -0.490 e. The molecule has 0 unspecified atom stereocenters.